The Kier molecular flexibility index (Phi) is 6.14. The maximum atomic E-state index is 12.7. The van der Waals surface area contributed by atoms with Gasteiger partial charge in [0.05, 0.1) is 10.9 Å². The van der Waals surface area contributed by atoms with Crippen molar-refractivity contribution in [1.82, 2.24) is 9.62 Å². The van der Waals surface area contributed by atoms with Gasteiger partial charge in [-0.25, -0.2) is 13.1 Å². The Balaban J connectivity index is 1.63. The summed E-state index contributed by atoms with van der Waals surface area (Å²) in [5.74, 6) is -0.294. The van der Waals surface area contributed by atoms with Crippen molar-refractivity contribution in [2.45, 2.75) is 49.6 Å². The number of benzene rings is 2. The molecule has 0 aromatic heterocycles. The van der Waals surface area contributed by atoms with E-state index in [9.17, 15) is 13.2 Å². The quantitative estimate of drug-likeness (QED) is 0.710. The Morgan fingerprint density at radius 2 is 1.93 bits per heavy atom. The number of amides is 1. The highest BCUT2D eigenvalue weighted by molar-refractivity contribution is 7.89. The summed E-state index contributed by atoms with van der Waals surface area (Å²) in [6.45, 7) is 3.06. The number of carbonyl (C=O) groups excluding carboxylic acids is 1. The molecule has 1 amide bonds. The lowest BCUT2D eigenvalue weighted by Crippen LogP contribution is -2.52. The average Bonchev–Trinajstić information content (AvgIpc) is 2.65. The SMILES string of the molecule is C[C@H]1CCC[C@H](C(N)=O)N1CCCNS(=O)(=O)c1cccc2ccccc12. The summed E-state index contributed by atoms with van der Waals surface area (Å²) in [5, 5.41) is 1.61. The van der Waals surface area contributed by atoms with Gasteiger partial charge in [-0.05, 0) is 44.1 Å². The van der Waals surface area contributed by atoms with E-state index in [2.05, 4.69) is 16.5 Å². The molecule has 3 N–H and O–H groups in total. The fraction of sp³-hybridized carbons (Fsp3) is 0.450. The second-order valence-corrected chi connectivity index (χ2v) is 8.90. The highest BCUT2D eigenvalue weighted by atomic mass is 32.2. The van der Waals surface area contributed by atoms with E-state index < -0.39 is 10.0 Å². The number of piperidine rings is 1. The normalized spacial score (nSPS) is 21.4. The minimum atomic E-state index is -3.59. The second-order valence-electron chi connectivity index (χ2n) is 7.16. The Hall–Kier alpha value is -1.96. The monoisotopic (exact) mass is 389 g/mol. The van der Waals surface area contributed by atoms with Crippen molar-refractivity contribution in [3.05, 3.63) is 42.5 Å². The van der Waals surface area contributed by atoms with Gasteiger partial charge in [0.25, 0.3) is 0 Å². The zero-order chi connectivity index (χ0) is 19.4. The summed E-state index contributed by atoms with van der Waals surface area (Å²) >= 11 is 0. The number of nitrogens with two attached hydrogens (primary N) is 1. The topological polar surface area (TPSA) is 92.5 Å². The fourth-order valence-electron chi connectivity index (χ4n) is 3.90. The highest BCUT2D eigenvalue weighted by Crippen LogP contribution is 2.24. The molecule has 0 bridgehead atoms. The van der Waals surface area contributed by atoms with E-state index in [1.54, 1.807) is 12.1 Å². The summed E-state index contributed by atoms with van der Waals surface area (Å²) in [4.78, 5) is 14.1. The van der Waals surface area contributed by atoms with Gasteiger partial charge in [0.2, 0.25) is 15.9 Å². The Bertz CT molecular complexity index is 908. The number of sulfonamides is 1. The average molecular weight is 390 g/mol. The number of fused-ring (bicyclic) bond motifs is 1. The summed E-state index contributed by atoms with van der Waals surface area (Å²) in [5.41, 5.74) is 5.53. The van der Waals surface area contributed by atoms with Gasteiger partial charge in [-0.15, -0.1) is 0 Å². The number of carbonyl (C=O) groups is 1. The standard InChI is InChI=1S/C20H27N3O3S/c1-15-7-4-11-18(20(21)24)23(15)14-6-13-22-27(25,26)19-12-5-9-16-8-2-3-10-17(16)19/h2-3,5,8-10,12,15,18,22H,4,6-7,11,13-14H2,1H3,(H2,21,24)/t15-,18+/m0/s1. The fourth-order valence-corrected chi connectivity index (χ4v) is 5.20. The number of nitrogens with zero attached hydrogens (tertiary/aromatic N) is 1. The first-order valence-corrected chi connectivity index (χ1v) is 10.9. The molecule has 2 aromatic rings. The lowest BCUT2D eigenvalue weighted by molar-refractivity contribution is -0.125. The number of hydrogen-bond donors (Lipinski definition) is 2. The van der Waals surface area contributed by atoms with Crippen LogP contribution in [0.2, 0.25) is 0 Å². The van der Waals surface area contributed by atoms with Gasteiger partial charge in [0, 0.05) is 24.5 Å². The third-order valence-electron chi connectivity index (χ3n) is 5.32. The van der Waals surface area contributed by atoms with E-state index in [0.717, 1.165) is 24.6 Å². The molecule has 27 heavy (non-hydrogen) atoms. The predicted octanol–water partition coefficient (Wildman–Crippen LogP) is 2.24. The van der Waals surface area contributed by atoms with Crippen LogP contribution in [0.15, 0.2) is 47.4 Å². The van der Waals surface area contributed by atoms with Crippen molar-refractivity contribution in [3.8, 4) is 0 Å². The number of rotatable bonds is 7. The molecule has 0 unspecified atom stereocenters. The minimum absolute atomic E-state index is 0.247. The molecule has 2 aromatic carbocycles. The van der Waals surface area contributed by atoms with Crippen LogP contribution in [0.25, 0.3) is 10.8 Å². The number of likely N-dealkylation sites (tertiary alicyclic amines) is 1. The van der Waals surface area contributed by atoms with E-state index in [4.69, 9.17) is 5.73 Å². The van der Waals surface area contributed by atoms with Crippen molar-refractivity contribution in [1.29, 1.82) is 0 Å². The maximum Gasteiger partial charge on any atom is 0.241 e. The van der Waals surface area contributed by atoms with Crippen LogP contribution in [-0.2, 0) is 14.8 Å². The molecule has 2 atom stereocenters. The highest BCUT2D eigenvalue weighted by Gasteiger charge is 2.31. The van der Waals surface area contributed by atoms with Crippen LogP contribution in [0, 0.1) is 0 Å². The van der Waals surface area contributed by atoms with E-state index in [1.807, 2.05) is 30.3 Å². The molecular weight excluding hydrogens is 362 g/mol. The predicted molar refractivity (Wildman–Crippen MR) is 107 cm³/mol. The van der Waals surface area contributed by atoms with E-state index in [1.165, 1.54) is 0 Å². The van der Waals surface area contributed by atoms with Gasteiger partial charge >= 0.3 is 0 Å². The van der Waals surface area contributed by atoms with Gasteiger partial charge in [-0.2, -0.15) is 0 Å². The zero-order valence-electron chi connectivity index (χ0n) is 15.6. The Morgan fingerprint density at radius 3 is 2.70 bits per heavy atom. The molecule has 0 aliphatic carbocycles. The van der Waals surface area contributed by atoms with Crippen LogP contribution >= 0.6 is 0 Å². The third kappa shape index (κ3) is 4.48. The van der Waals surface area contributed by atoms with Crippen molar-refractivity contribution in [2.75, 3.05) is 13.1 Å². The first kappa shape index (κ1) is 19.8. The van der Waals surface area contributed by atoms with Crippen LogP contribution in [0.1, 0.15) is 32.6 Å². The number of nitrogens with one attached hydrogen (secondary N) is 1. The molecule has 3 rings (SSSR count). The minimum Gasteiger partial charge on any atom is -0.368 e. The first-order valence-electron chi connectivity index (χ1n) is 9.42. The maximum absolute atomic E-state index is 12.7. The molecule has 1 aliphatic heterocycles. The molecule has 1 aliphatic rings. The van der Waals surface area contributed by atoms with Crippen LogP contribution in [0.5, 0.6) is 0 Å². The van der Waals surface area contributed by atoms with E-state index >= 15 is 0 Å². The lowest BCUT2D eigenvalue weighted by Gasteiger charge is -2.39. The lowest BCUT2D eigenvalue weighted by atomic mass is 9.96. The van der Waals surface area contributed by atoms with Crippen molar-refractivity contribution in [2.24, 2.45) is 5.73 Å². The summed E-state index contributed by atoms with van der Waals surface area (Å²) in [6, 6.07) is 12.8. The molecular formula is C20H27N3O3S. The van der Waals surface area contributed by atoms with Crippen molar-refractivity contribution < 1.29 is 13.2 Å². The molecule has 1 heterocycles. The van der Waals surface area contributed by atoms with Crippen molar-refractivity contribution >= 4 is 26.7 Å². The second kappa shape index (κ2) is 8.37. The van der Waals surface area contributed by atoms with E-state index in [-0.39, 0.29) is 18.0 Å². The number of primary amides is 1. The Morgan fingerprint density at radius 1 is 1.19 bits per heavy atom. The number of hydrogen-bond acceptors (Lipinski definition) is 4. The van der Waals surface area contributed by atoms with Gasteiger partial charge in [0.1, 0.15) is 0 Å². The smallest absolute Gasteiger partial charge is 0.241 e. The van der Waals surface area contributed by atoms with Gasteiger partial charge < -0.3 is 5.73 Å². The van der Waals surface area contributed by atoms with Crippen LogP contribution in [-0.4, -0.2) is 44.4 Å². The van der Waals surface area contributed by atoms with Gasteiger partial charge in [-0.3, -0.25) is 9.69 Å². The molecule has 1 fully saturated rings. The molecule has 7 heteroatoms. The summed E-state index contributed by atoms with van der Waals surface area (Å²) in [6.07, 6.45) is 3.43. The Labute approximate surface area is 160 Å². The van der Waals surface area contributed by atoms with E-state index in [0.29, 0.717) is 29.8 Å². The molecule has 0 radical (unpaired) electrons. The van der Waals surface area contributed by atoms with Gasteiger partial charge in [0.15, 0.2) is 0 Å². The largest absolute Gasteiger partial charge is 0.368 e. The van der Waals surface area contributed by atoms with Crippen LogP contribution in [0.4, 0.5) is 0 Å². The van der Waals surface area contributed by atoms with Crippen LogP contribution in [0.3, 0.4) is 0 Å². The van der Waals surface area contributed by atoms with Crippen LogP contribution < -0.4 is 10.5 Å². The molecule has 0 spiro atoms. The first-order chi connectivity index (χ1) is 12.9. The van der Waals surface area contributed by atoms with Crippen molar-refractivity contribution in [3.63, 3.8) is 0 Å². The molecule has 1 saturated heterocycles. The van der Waals surface area contributed by atoms with Gasteiger partial charge in [-0.1, -0.05) is 36.4 Å². The zero-order valence-corrected chi connectivity index (χ0v) is 16.4. The molecule has 0 saturated carbocycles. The third-order valence-corrected chi connectivity index (χ3v) is 6.84. The summed E-state index contributed by atoms with van der Waals surface area (Å²) in [7, 11) is -3.59. The molecule has 6 nitrogen and oxygen atoms in total. The molecule has 146 valence electrons. The summed E-state index contributed by atoms with van der Waals surface area (Å²) < 4.78 is 28.2.